The molecule has 0 spiro atoms. The maximum Gasteiger partial charge on any atom is 0.223 e. The van der Waals surface area contributed by atoms with Crippen LogP contribution in [0.15, 0.2) is 24.5 Å². The third kappa shape index (κ3) is 5.76. The van der Waals surface area contributed by atoms with E-state index in [9.17, 15) is 4.79 Å². The number of nitrogens with two attached hydrogens (primary N) is 1. The highest BCUT2D eigenvalue weighted by Crippen LogP contribution is 2.23. The fourth-order valence-corrected chi connectivity index (χ4v) is 2.30. The lowest BCUT2D eigenvalue weighted by molar-refractivity contribution is -0.126. The molecule has 1 amide bonds. The fourth-order valence-electron chi connectivity index (χ4n) is 2.30. The average Bonchev–Trinajstić information content (AvgIpc) is 2.37. The lowest BCUT2D eigenvalue weighted by Crippen LogP contribution is -2.37. The van der Waals surface area contributed by atoms with Gasteiger partial charge in [0.25, 0.3) is 0 Å². The van der Waals surface area contributed by atoms with E-state index in [0.717, 1.165) is 31.2 Å². The van der Waals surface area contributed by atoms with Crippen LogP contribution in [-0.4, -0.2) is 16.9 Å². The second kappa shape index (κ2) is 9.13. The van der Waals surface area contributed by atoms with Crippen molar-refractivity contribution in [3.63, 3.8) is 0 Å². The molecule has 19 heavy (non-hydrogen) atoms. The second-order valence-corrected chi connectivity index (χ2v) is 4.70. The van der Waals surface area contributed by atoms with E-state index in [2.05, 4.69) is 10.3 Å². The molecule has 108 valence electrons. The minimum Gasteiger partial charge on any atom is -0.352 e. The Balaban J connectivity index is 0.00000162. The number of pyridine rings is 1. The van der Waals surface area contributed by atoms with Crippen molar-refractivity contribution in [3.8, 4) is 0 Å². The molecule has 0 saturated heterocycles. The SMILES string of the molecule is Cl.Cl.NC1CCCC(C(=O)NCc2cccnc2)C1. The Hall–Kier alpha value is -0.840. The first-order chi connectivity index (χ1) is 8.25. The molecule has 1 aliphatic rings. The van der Waals surface area contributed by atoms with Crippen molar-refractivity contribution in [1.82, 2.24) is 10.3 Å². The zero-order chi connectivity index (χ0) is 12.1. The molecule has 1 heterocycles. The first-order valence-electron chi connectivity index (χ1n) is 6.18. The van der Waals surface area contributed by atoms with Crippen molar-refractivity contribution in [2.24, 2.45) is 11.7 Å². The Labute approximate surface area is 126 Å². The first kappa shape index (κ1) is 18.2. The third-order valence-corrected chi connectivity index (χ3v) is 3.28. The van der Waals surface area contributed by atoms with E-state index >= 15 is 0 Å². The third-order valence-electron chi connectivity index (χ3n) is 3.28. The molecule has 0 radical (unpaired) electrons. The van der Waals surface area contributed by atoms with Crippen molar-refractivity contribution in [3.05, 3.63) is 30.1 Å². The molecule has 1 fully saturated rings. The van der Waals surface area contributed by atoms with Crippen molar-refractivity contribution in [1.29, 1.82) is 0 Å². The van der Waals surface area contributed by atoms with Gasteiger partial charge in [0.05, 0.1) is 0 Å². The Morgan fingerprint density at radius 2 is 2.21 bits per heavy atom. The van der Waals surface area contributed by atoms with Gasteiger partial charge >= 0.3 is 0 Å². The molecule has 1 aromatic heterocycles. The van der Waals surface area contributed by atoms with Crippen molar-refractivity contribution in [2.75, 3.05) is 0 Å². The summed E-state index contributed by atoms with van der Waals surface area (Å²) in [6, 6.07) is 4.02. The summed E-state index contributed by atoms with van der Waals surface area (Å²) in [6.45, 7) is 0.554. The number of amides is 1. The number of nitrogens with one attached hydrogen (secondary N) is 1. The predicted octanol–water partition coefficient (Wildman–Crippen LogP) is 2.06. The molecule has 0 aromatic carbocycles. The molecular weight excluding hydrogens is 285 g/mol. The molecule has 2 unspecified atom stereocenters. The molecule has 3 N–H and O–H groups in total. The van der Waals surface area contributed by atoms with Crippen LogP contribution in [-0.2, 0) is 11.3 Å². The quantitative estimate of drug-likeness (QED) is 0.898. The fraction of sp³-hybridized carbons (Fsp3) is 0.538. The summed E-state index contributed by atoms with van der Waals surface area (Å²) in [5, 5.41) is 2.95. The Bertz CT molecular complexity index is 375. The minimum absolute atomic E-state index is 0. The van der Waals surface area contributed by atoms with Gasteiger partial charge < -0.3 is 11.1 Å². The molecule has 1 aromatic rings. The van der Waals surface area contributed by atoms with Crippen LogP contribution in [0.3, 0.4) is 0 Å². The summed E-state index contributed by atoms with van der Waals surface area (Å²) in [5.41, 5.74) is 6.91. The van der Waals surface area contributed by atoms with Crippen LogP contribution in [0.2, 0.25) is 0 Å². The van der Waals surface area contributed by atoms with E-state index in [4.69, 9.17) is 5.73 Å². The molecule has 0 aliphatic heterocycles. The molecule has 0 bridgehead atoms. The zero-order valence-corrected chi connectivity index (χ0v) is 12.4. The molecular formula is C13H21Cl2N3O. The van der Waals surface area contributed by atoms with Gasteiger partial charge in [0.2, 0.25) is 5.91 Å². The summed E-state index contributed by atoms with van der Waals surface area (Å²) in [6.07, 6.45) is 7.39. The number of hydrogen-bond acceptors (Lipinski definition) is 3. The number of halogens is 2. The Kier molecular flexibility index (Phi) is 8.72. The van der Waals surface area contributed by atoms with E-state index in [-0.39, 0.29) is 42.7 Å². The highest BCUT2D eigenvalue weighted by molar-refractivity contribution is 5.85. The molecule has 1 saturated carbocycles. The van der Waals surface area contributed by atoms with E-state index in [0.29, 0.717) is 6.54 Å². The van der Waals surface area contributed by atoms with E-state index in [1.165, 1.54) is 0 Å². The maximum absolute atomic E-state index is 11.9. The second-order valence-electron chi connectivity index (χ2n) is 4.70. The lowest BCUT2D eigenvalue weighted by atomic mass is 9.85. The summed E-state index contributed by atoms with van der Waals surface area (Å²) < 4.78 is 0. The topological polar surface area (TPSA) is 68.0 Å². The van der Waals surface area contributed by atoms with Gasteiger partial charge in [-0.3, -0.25) is 9.78 Å². The normalized spacial score (nSPS) is 21.7. The summed E-state index contributed by atoms with van der Waals surface area (Å²) >= 11 is 0. The number of rotatable bonds is 3. The molecule has 2 atom stereocenters. The van der Waals surface area contributed by atoms with Gasteiger partial charge in [0.1, 0.15) is 0 Å². The van der Waals surface area contributed by atoms with Gasteiger partial charge in [-0.05, 0) is 30.9 Å². The number of carbonyl (C=O) groups is 1. The minimum atomic E-state index is 0. The first-order valence-corrected chi connectivity index (χ1v) is 6.18. The smallest absolute Gasteiger partial charge is 0.223 e. The van der Waals surface area contributed by atoms with Gasteiger partial charge in [-0.25, -0.2) is 0 Å². The van der Waals surface area contributed by atoms with E-state index < -0.39 is 0 Å². The van der Waals surface area contributed by atoms with E-state index in [1.807, 2.05) is 12.1 Å². The number of carbonyl (C=O) groups excluding carboxylic acids is 1. The van der Waals surface area contributed by atoms with Gasteiger partial charge in [0.15, 0.2) is 0 Å². The van der Waals surface area contributed by atoms with Crippen LogP contribution >= 0.6 is 24.8 Å². The highest BCUT2D eigenvalue weighted by Gasteiger charge is 2.24. The van der Waals surface area contributed by atoms with Gasteiger partial charge in [-0.15, -0.1) is 24.8 Å². The van der Waals surface area contributed by atoms with Gasteiger partial charge in [0, 0.05) is 30.9 Å². The number of aromatic nitrogens is 1. The largest absolute Gasteiger partial charge is 0.352 e. The van der Waals surface area contributed by atoms with Crippen LogP contribution in [0.25, 0.3) is 0 Å². The zero-order valence-electron chi connectivity index (χ0n) is 10.7. The lowest BCUT2D eigenvalue weighted by Gasteiger charge is -2.25. The molecule has 6 heteroatoms. The molecule has 1 aliphatic carbocycles. The summed E-state index contributed by atoms with van der Waals surface area (Å²) in [7, 11) is 0. The standard InChI is InChI=1S/C13H19N3O.2ClH/c14-12-5-1-4-11(7-12)13(17)16-9-10-3-2-6-15-8-10;;/h2-3,6,8,11-12H,1,4-5,7,9,14H2,(H,16,17);2*1H. The van der Waals surface area contributed by atoms with Crippen molar-refractivity contribution < 1.29 is 4.79 Å². The van der Waals surface area contributed by atoms with Crippen LogP contribution in [0.5, 0.6) is 0 Å². The summed E-state index contributed by atoms with van der Waals surface area (Å²) in [4.78, 5) is 15.9. The molecule has 4 nitrogen and oxygen atoms in total. The van der Waals surface area contributed by atoms with Crippen LogP contribution in [0.1, 0.15) is 31.2 Å². The Morgan fingerprint density at radius 3 is 2.84 bits per heavy atom. The number of nitrogens with zero attached hydrogens (tertiary/aromatic N) is 1. The van der Waals surface area contributed by atoms with Gasteiger partial charge in [-0.2, -0.15) is 0 Å². The van der Waals surface area contributed by atoms with Crippen LogP contribution in [0.4, 0.5) is 0 Å². The predicted molar refractivity (Wildman–Crippen MR) is 80.5 cm³/mol. The highest BCUT2D eigenvalue weighted by atomic mass is 35.5. The maximum atomic E-state index is 11.9. The van der Waals surface area contributed by atoms with Crippen molar-refractivity contribution in [2.45, 2.75) is 38.3 Å². The molecule has 2 rings (SSSR count). The summed E-state index contributed by atoms with van der Waals surface area (Å²) in [5.74, 6) is 0.222. The van der Waals surface area contributed by atoms with Gasteiger partial charge in [-0.1, -0.05) is 12.5 Å². The van der Waals surface area contributed by atoms with Crippen molar-refractivity contribution >= 4 is 30.7 Å². The monoisotopic (exact) mass is 305 g/mol. The average molecular weight is 306 g/mol. The number of hydrogen-bond donors (Lipinski definition) is 2. The Morgan fingerprint density at radius 1 is 1.42 bits per heavy atom. The van der Waals surface area contributed by atoms with Crippen LogP contribution < -0.4 is 11.1 Å². The van der Waals surface area contributed by atoms with E-state index in [1.54, 1.807) is 12.4 Å². The van der Waals surface area contributed by atoms with Crippen LogP contribution in [0, 0.1) is 5.92 Å².